The van der Waals surface area contributed by atoms with Crippen molar-refractivity contribution < 1.29 is 28.9 Å². The van der Waals surface area contributed by atoms with Crippen LogP contribution in [0.15, 0.2) is 71.2 Å². The second-order valence-corrected chi connectivity index (χ2v) is 11.3. The standard InChI is InChI=1S/C30H33BrClNO6/c1-30(2,3)39-29(36)33(18-27(34)21-6-5-7-24(32)17-21)15-14-20-8-11-25(12-9-20)38-19-23-16-22(28(35)37-4)10-13-26(23)31/h5-13,16-17,27,34H,14-15,18-19H2,1-4H3/t27-/m0/s1. The van der Waals surface area contributed by atoms with Crippen molar-refractivity contribution in [3.8, 4) is 5.75 Å². The van der Waals surface area contributed by atoms with Crippen molar-refractivity contribution >= 4 is 39.6 Å². The molecule has 39 heavy (non-hydrogen) atoms. The van der Waals surface area contributed by atoms with Crippen LogP contribution in [0.1, 0.15) is 53.9 Å². The molecular formula is C30H33BrClNO6. The number of halogens is 2. The van der Waals surface area contributed by atoms with E-state index >= 15 is 0 Å². The monoisotopic (exact) mass is 617 g/mol. The number of amides is 1. The van der Waals surface area contributed by atoms with E-state index in [1.807, 2.05) is 24.3 Å². The van der Waals surface area contributed by atoms with Gasteiger partial charge in [-0.05, 0) is 80.8 Å². The highest BCUT2D eigenvalue weighted by Gasteiger charge is 2.24. The summed E-state index contributed by atoms with van der Waals surface area (Å²) in [5.41, 5.74) is 2.21. The predicted molar refractivity (Wildman–Crippen MR) is 154 cm³/mol. The topological polar surface area (TPSA) is 85.3 Å². The van der Waals surface area contributed by atoms with E-state index in [0.717, 1.165) is 15.6 Å². The molecule has 208 valence electrons. The molecular weight excluding hydrogens is 586 g/mol. The highest BCUT2D eigenvalue weighted by molar-refractivity contribution is 9.10. The van der Waals surface area contributed by atoms with Gasteiger partial charge in [0.2, 0.25) is 0 Å². The highest BCUT2D eigenvalue weighted by Crippen LogP contribution is 2.23. The van der Waals surface area contributed by atoms with Crippen LogP contribution >= 0.6 is 27.5 Å². The molecule has 0 saturated carbocycles. The molecule has 0 aliphatic carbocycles. The Labute approximate surface area is 242 Å². The van der Waals surface area contributed by atoms with Crippen LogP contribution in [0.5, 0.6) is 5.75 Å². The fourth-order valence-electron chi connectivity index (χ4n) is 3.72. The lowest BCUT2D eigenvalue weighted by atomic mass is 10.1. The molecule has 0 fully saturated rings. The summed E-state index contributed by atoms with van der Waals surface area (Å²) in [6.07, 6.45) is -0.860. The summed E-state index contributed by atoms with van der Waals surface area (Å²) < 4.78 is 17.1. The largest absolute Gasteiger partial charge is 0.489 e. The number of ether oxygens (including phenoxy) is 3. The van der Waals surface area contributed by atoms with Crippen molar-refractivity contribution in [1.29, 1.82) is 0 Å². The van der Waals surface area contributed by atoms with Crippen molar-refractivity contribution in [2.45, 2.75) is 45.5 Å². The summed E-state index contributed by atoms with van der Waals surface area (Å²) in [5.74, 6) is 0.253. The number of aliphatic hydroxyl groups excluding tert-OH is 1. The molecule has 0 spiro atoms. The number of esters is 1. The Hall–Kier alpha value is -3.07. The van der Waals surface area contributed by atoms with Crippen LogP contribution in [0.25, 0.3) is 0 Å². The van der Waals surface area contributed by atoms with Gasteiger partial charge in [-0.1, -0.05) is 51.8 Å². The lowest BCUT2D eigenvalue weighted by Gasteiger charge is -2.29. The molecule has 3 aromatic carbocycles. The minimum absolute atomic E-state index is 0.0654. The van der Waals surface area contributed by atoms with Crippen LogP contribution in [0, 0.1) is 0 Å². The molecule has 3 aromatic rings. The van der Waals surface area contributed by atoms with Gasteiger partial charge in [-0.3, -0.25) is 0 Å². The zero-order valence-electron chi connectivity index (χ0n) is 22.4. The minimum atomic E-state index is -0.913. The average molecular weight is 619 g/mol. The summed E-state index contributed by atoms with van der Waals surface area (Å²) in [6, 6.07) is 19.7. The van der Waals surface area contributed by atoms with E-state index in [-0.39, 0.29) is 13.2 Å². The second kappa shape index (κ2) is 13.8. The Kier molecular flexibility index (Phi) is 10.8. The molecule has 3 rings (SSSR count). The molecule has 0 heterocycles. The van der Waals surface area contributed by atoms with Crippen molar-refractivity contribution in [1.82, 2.24) is 4.90 Å². The molecule has 0 aromatic heterocycles. The Balaban J connectivity index is 1.63. The fraction of sp³-hybridized carbons (Fsp3) is 0.333. The predicted octanol–water partition coefficient (Wildman–Crippen LogP) is 6.98. The van der Waals surface area contributed by atoms with Crippen LogP contribution < -0.4 is 4.74 Å². The van der Waals surface area contributed by atoms with Crippen molar-refractivity contribution in [2.75, 3.05) is 20.2 Å². The molecule has 0 bridgehead atoms. The number of carbonyl (C=O) groups excluding carboxylic acids is 2. The second-order valence-electron chi connectivity index (χ2n) is 9.98. The maximum Gasteiger partial charge on any atom is 0.410 e. The van der Waals surface area contributed by atoms with Gasteiger partial charge in [0.15, 0.2) is 0 Å². The third kappa shape index (κ3) is 9.56. The van der Waals surface area contributed by atoms with Gasteiger partial charge in [0, 0.05) is 21.6 Å². The zero-order chi connectivity index (χ0) is 28.6. The molecule has 1 atom stereocenters. The van der Waals surface area contributed by atoms with Crippen LogP contribution in [-0.4, -0.2) is 47.9 Å². The molecule has 1 N–H and O–H groups in total. The summed E-state index contributed by atoms with van der Waals surface area (Å²) in [7, 11) is 1.34. The summed E-state index contributed by atoms with van der Waals surface area (Å²) in [6.45, 7) is 6.09. The van der Waals surface area contributed by atoms with Gasteiger partial charge in [0.05, 0.1) is 25.3 Å². The van der Waals surface area contributed by atoms with Gasteiger partial charge in [-0.2, -0.15) is 0 Å². The Morgan fingerprint density at radius 2 is 1.77 bits per heavy atom. The van der Waals surface area contributed by atoms with Gasteiger partial charge >= 0.3 is 12.1 Å². The van der Waals surface area contributed by atoms with E-state index in [2.05, 4.69) is 15.9 Å². The van der Waals surface area contributed by atoms with Crippen molar-refractivity contribution in [3.63, 3.8) is 0 Å². The number of rotatable bonds is 10. The molecule has 1 amide bonds. The number of nitrogens with zero attached hydrogens (tertiary/aromatic N) is 1. The average Bonchev–Trinajstić information content (AvgIpc) is 2.89. The Morgan fingerprint density at radius 3 is 2.41 bits per heavy atom. The molecule has 0 saturated heterocycles. The zero-order valence-corrected chi connectivity index (χ0v) is 24.8. The molecule has 0 unspecified atom stereocenters. The lowest BCUT2D eigenvalue weighted by molar-refractivity contribution is 0.0147. The number of hydrogen-bond donors (Lipinski definition) is 1. The third-order valence-corrected chi connectivity index (χ3v) is 6.74. The van der Waals surface area contributed by atoms with E-state index in [4.69, 9.17) is 25.8 Å². The number of aliphatic hydroxyl groups is 1. The first kappa shape index (κ1) is 30.5. The number of hydrogen-bond acceptors (Lipinski definition) is 6. The molecule has 0 aliphatic heterocycles. The first-order chi connectivity index (χ1) is 18.4. The van der Waals surface area contributed by atoms with Gasteiger partial charge in [0.1, 0.15) is 18.0 Å². The number of carbonyl (C=O) groups is 2. The lowest BCUT2D eigenvalue weighted by Crippen LogP contribution is -2.40. The first-order valence-electron chi connectivity index (χ1n) is 12.4. The fourth-order valence-corrected chi connectivity index (χ4v) is 4.28. The molecule has 7 nitrogen and oxygen atoms in total. The summed E-state index contributed by atoms with van der Waals surface area (Å²) >= 11 is 9.56. The maximum absolute atomic E-state index is 12.9. The Morgan fingerprint density at radius 1 is 1.05 bits per heavy atom. The number of methoxy groups -OCH3 is 1. The highest BCUT2D eigenvalue weighted by atomic mass is 79.9. The van der Waals surface area contributed by atoms with E-state index in [9.17, 15) is 14.7 Å². The van der Waals surface area contributed by atoms with Gasteiger partial charge < -0.3 is 24.2 Å². The Bertz CT molecular complexity index is 1280. The van der Waals surface area contributed by atoms with E-state index in [1.54, 1.807) is 63.2 Å². The number of benzene rings is 3. The third-order valence-electron chi connectivity index (χ3n) is 5.73. The quantitative estimate of drug-likeness (QED) is 0.247. The van der Waals surface area contributed by atoms with Crippen LogP contribution in [0.2, 0.25) is 5.02 Å². The van der Waals surface area contributed by atoms with Crippen molar-refractivity contribution in [3.05, 3.63) is 98.5 Å². The SMILES string of the molecule is COC(=O)c1ccc(Br)c(COc2ccc(CCN(C[C@H](O)c3cccc(Cl)c3)C(=O)OC(C)(C)C)cc2)c1. The van der Waals surface area contributed by atoms with E-state index < -0.39 is 23.8 Å². The van der Waals surface area contributed by atoms with E-state index in [0.29, 0.717) is 34.9 Å². The van der Waals surface area contributed by atoms with Crippen LogP contribution in [-0.2, 0) is 22.5 Å². The molecule has 9 heteroatoms. The van der Waals surface area contributed by atoms with Crippen molar-refractivity contribution in [2.24, 2.45) is 0 Å². The smallest absolute Gasteiger partial charge is 0.410 e. The first-order valence-corrected chi connectivity index (χ1v) is 13.6. The van der Waals surface area contributed by atoms with E-state index in [1.165, 1.54) is 12.0 Å². The minimum Gasteiger partial charge on any atom is -0.489 e. The molecule has 0 aliphatic rings. The molecule has 0 radical (unpaired) electrons. The summed E-state index contributed by atoms with van der Waals surface area (Å²) in [4.78, 5) is 26.2. The van der Waals surface area contributed by atoms with Crippen LogP contribution in [0.3, 0.4) is 0 Å². The van der Waals surface area contributed by atoms with Gasteiger partial charge in [0.25, 0.3) is 0 Å². The van der Waals surface area contributed by atoms with Gasteiger partial charge in [-0.25, -0.2) is 9.59 Å². The van der Waals surface area contributed by atoms with Crippen LogP contribution in [0.4, 0.5) is 4.79 Å². The normalized spacial score (nSPS) is 12.0. The maximum atomic E-state index is 12.9. The summed E-state index contributed by atoms with van der Waals surface area (Å²) in [5, 5.41) is 11.3. The van der Waals surface area contributed by atoms with Gasteiger partial charge in [-0.15, -0.1) is 0 Å².